The number of halogens is 2. The Balaban J connectivity index is 1.69. The van der Waals surface area contributed by atoms with Crippen molar-refractivity contribution in [1.29, 1.82) is 0 Å². The van der Waals surface area contributed by atoms with Crippen molar-refractivity contribution in [3.8, 4) is 17.2 Å². The Hall–Kier alpha value is -4.20. The fourth-order valence-corrected chi connectivity index (χ4v) is 5.05. The first kappa shape index (κ1) is 30.8. The van der Waals surface area contributed by atoms with Gasteiger partial charge < -0.3 is 24.4 Å². The van der Waals surface area contributed by atoms with E-state index in [2.05, 4.69) is 5.32 Å². The van der Waals surface area contributed by atoms with Crippen LogP contribution in [-0.4, -0.2) is 38.0 Å². The molecule has 0 heterocycles. The average Bonchev–Trinajstić information content (AvgIpc) is 3.01. The van der Waals surface area contributed by atoms with Crippen LogP contribution in [0, 0.1) is 0 Å². The molecule has 0 saturated carbocycles. The number of nitrogens with one attached hydrogen (secondary N) is 1. The number of hydrogen-bond donors (Lipinski definition) is 1. The zero-order valence-corrected chi connectivity index (χ0v) is 25.1. The predicted molar refractivity (Wildman–Crippen MR) is 164 cm³/mol. The minimum atomic E-state index is -0.924. The molecular weight excluding hydrogens is 575 g/mol. The maximum atomic E-state index is 14.1. The van der Waals surface area contributed by atoms with E-state index < -0.39 is 6.04 Å². The molecule has 9 heteroatoms. The summed E-state index contributed by atoms with van der Waals surface area (Å²) in [5, 5.41) is 3.92. The molecule has 0 aromatic heterocycles. The summed E-state index contributed by atoms with van der Waals surface area (Å²) in [6, 6.07) is 26.1. The van der Waals surface area contributed by atoms with E-state index in [0.29, 0.717) is 38.4 Å². The highest BCUT2D eigenvalue weighted by molar-refractivity contribution is 6.35. The molecule has 0 unspecified atom stereocenters. The first-order chi connectivity index (χ1) is 20.3. The van der Waals surface area contributed by atoms with Crippen molar-refractivity contribution >= 4 is 35.0 Å². The first-order valence-electron chi connectivity index (χ1n) is 13.2. The number of nitrogens with zero attached hydrogens (tertiary/aromatic N) is 1. The van der Waals surface area contributed by atoms with Gasteiger partial charge >= 0.3 is 0 Å². The molecule has 4 aromatic rings. The van der Waals surface area contributed by atoms with Gasteiger partial charge in [-0.3, -0.25) is 9.59 Å². The second kappa shape index (κ2) is 14.6. The lowest BCUT2D eigenvalue weighted by Gasteiger charge is -2.32. The molecule has 42 heavy (non-hydrogen) atoms. The number of ether oxygens (including phenoxy) is 3. The summed E-state index contributed by atoms with van der Waals surface area (Å²) in [6.07, 6.45) is 0.0378. The molecule has 4 aromatic carbocycles. The van der Waals surface area contributed by atoms with Crippen LogP contribution in [0.2, 0.25) is 10.0 Å². The van der Waals surface area contributed by atoms with Gasteiger partial charge in [0.1, 0.15) is 11.8 Å². The Bertz CT molecular complexity index is 1510. The molecule has 0 spiro atoms. The van der Waals surface area contributed by atoms with Crippen LogP contribution >= 0.6 is 23.2 Å². The van der Waals surface area contributed by atoms with Gasteiger partial charge in [0.15, 0.2) is 11.5 Å². The molecule has 218 valence electrons. The lowest BCUT2D eigenvalue weighted by atomic mass is 10.0. The minimum Gasteiger partial charge on any atom is -0.497 e. The molecular formula is C33H32Cl2N2O5. The smallest absolute Gasteiger partial charge is 0.247 e. The molecule has 0 radical (unpaired) electrons. The summed E-state index contributed by atoms with van der Waals surface area (Å²) in [5.41, 5.74) is 2.94. The molecule has 0 saturated heterocycles. The Labute approximate surface area is 255 Å². The number of rotatable bonds is 12. The fraction of sp³-hybridized carbons (Fsp3) is 0.212. The van der Waals surface area contributed by atoms with E-state index in [1.807, 2.05) is 60.7 Å². The molecule has 0 aliphatic rings. The molecule has 2 amide bonds. The predicted octanol–water partition coefficient (Wildman–Crippen LogP) is 6.65. The van der Waals surface area contributed by atoms with E-state index in [1.165, 1.54) is 0 Å². The Morgan fingerprint density at radius 3 is 2.12 bits per heavy atom. The summed E-state index contributed by atoms with van der Waals surface area (Å²) >= 11 is 12.4. The van der Waals surface area contributed by atoms with Crippen LogP contribution in [0.1, 0.15) is 28.3 Å². The van der Waals surface area contributed by atoms with Crippen LogP contribution in [0.25, 0.3) is 0 Å². The molecule has 7 nitrogen and oxygen atoms in total. The lowest BCUT2D eigenvalue weighted by molar-refractivity contribution is -0.141. The first-order valence-corrected chi connectivity index (χ1v) is 14.0. The van der Waals surface area contributed by atoms with E-state index in [-0.39, 0.29) is 31.3 Å². The molecule has 0 aliphatic heterocycles. The van der Waals surface area contributed by atoms with Crippen LogP contribution in [0.4, 0.5) is 0 Å². The van der Waals surface area contributed by atoms with Crippen molar-refractivity contribution in [2.75, 3.05) is 21.3 Å². The van der Waals surface area contributed by atoms with Crippen molar-refractivity contribution in [2.24, 2.45) is 0 Å². The zero-order valence-electron chi connectivity index (χ0n) is 23.6. The van der Waals surface area contributed by atoms with E-state index in [1.54, 1.807) is 56.6 Å². The second-order valence-electron chi connectivity index (χ2n) is 9.50. The van der Waals surface area contributed by atoms with Crippen LogP contribution in [0.3, 0.4) is 0 Å². The number of amides is 2. The number of hydrogen-bond acceptors (Lipinski definition) is 5. The van der Waals surface area contributed by atoms with E-state index in [4.69, 9.17) is 37.4 Å². The van der Waals surface area contributed by atoms with Crippen LogP contribution in [-0.2, 0) is 29.1 Å². The highest BCUT2D eigenvalue weighted by Gasteiger charge is 2.32. The van der Waals surface area contributed by atoms with E-state index >= 15 is 0 Å². The monoisotopic (exact) mass is 606 g/mol. The maximum absolute atomic E-state index is 14.1. The van der Waals surface area contributed by atoms with Crippen LogP contribution in [0.5, 0.6) is 17.2 Å². The fourth-order valence-electron chi connectivity index (χ4n) is 4.57. The second-order valence-corrected chi connectivity index (χ2v) is 10.3. The molecule has 0 aliphatic carbocycles. The van der Waals surface area contributed by atoms with Crippen molar-refractivity contribution in [1.82, 2.24) is 10.2 Å². The van der Waals surface area contributed by atoms with E-state index in [0.717, 1.165) is 11.1 Å². The highest BCUT2D eigenvalue weighted by atomic mass is 35.5. The van der Waals surface area contributed by atoms with Gasteiger partial charge in [0.25, 0.3) is 0 Å². The van der Waals surface area contributed by atoms with Crippen molar-refractivity contribution in [2.45, 2.75) is 25.6 Å². The van der Waals surface area contributed by atoms with Gasteiger partial charge in [-0.1, -0.05) is 77.8 Å². The largest absolute Gasteiger partial charge is 0.497 e. The number of methoxy groups -OCH3 is 3. The topological polar surface area (TPSA) is 77.1 Å². The summed E-state index contributed by atoms with van der Waals surface area (Å²) < 4.78 is 16.1. The van der Waals surface area contributed by atoms with Gasteiger partial charge in [-0.25, -0.2) is 0 Å². The normalized spacial score (nSPS) is 11.4. The summed E-state index contributed by atoms with van der Waals surface area (Å²) in [6.45, 7) is 0.350. The minimum absolute atomic E-state index is 0.0378. The summed E-state index contributed by atoms with van der Waals surface area (Å²) in [4.78, 5) is 29.6. The van der Waals surface area contributed by atoms with Gasteiger partial charge in [0.05, 0.1) is 27.8 Å². The van der Waals surface area contributed by atoms with Gasteiger partial charge in [-0.05, 0) is 58.7 Å². The quantitative estimate of drug-likeness (QED) is 0.195. The third-order valence-corrected chi connectivity index (χ3v) is 7.37. The van der Waals surface area contributed by atoms with Gasteiger partial charge in [-0.2, -0.15) is 0 Å². The Morgan fingerprint density at radius 1 is 0.786 bits per heavy atom. The lowest BCUT2D eigenvalue weighted by Crippen LogP contribution is -2.43. The Kier molecular flexibility index (Phi) is 10.7. The molecule has 1 atom stereocenters. The SMILES string of the molecule is COc1ccc(CN(C(=O)Cc2ccc(OC)c(OC)c2)[C@H](C(=O)NCc2ccc(Cl)cc2Cl)c2ccccc2)cc1. The Morgan fingerprint density at radius 2 is 1.48 bits per heavy atom. The summed E-state index contributed by atoms with van der Waals surface area (Å²) in [7, 11) is 4.69. The number of carbonyl (C=O) groups is 2. The third-order valence-electron chi connectivity index (χ3n) is 6.78. The van der Waals surface area contributed by atoms with Gasteiger partial charge in [0, 0.05) is 23.1 Å². The maximum Gasteiger partial charge on any atom is 0.247 e. The van der Waals surface area contributed by atoms with Crippen molar-refractivity contribution in [3.05, 3.63) is 123 Å². The number of carbonyl (C=O) groups excluding carboxylic acids is 2. The van der Waals surface area contributed by atoms with Gasteiger partial charge in [-0.15, -0.1) is 0 Å². The van der Waals surface area contributed by atoms with Crippen LogP contribution < -0.4 is 19.5 Å². The standard InChI is InChI=1S/C33H32Cl2N2O5/c1-40-27-14-9-22(10-15-27)21-37(31(38)18-23-11-16-29(41-2)30(17-23)42-3)32(24-7-5-4-6-8-24)33(39)36-20-25-12-13-26(34)19-28(25)35/h4-17,19,32H,18,20-21H2,1-3H3,(H,36,39)/t32-/m0/s1. The molecule has 0 fully saturated rings. The van der Waals surface area contributed by atoms with Gasteiger partial charge in [0.2, 0.25) is 11.8 Å². The number of benzene rings is 4. The van der Waals surface area contributed by atoms with Crippen molar-refractivity contribution < 1.29 is 23.8 Å². The molecule has 0 bridgehead atoms. The summed E-state index contributed by atoms with van der Waals surface area (Å²) in [5.74, 6) is 1.18. The van der Waals surface area contributed by atoms with E-state index in [9.17, 15) is 9.59 Å². The van der Waals surface area contributed by atoms with Crippen LogP contribution in [0.15, 0.2) is 91.0 Å². The highest BCUT2D eigenvalue weighted by Crippen LogP contribution is 2.30. The average molecular weight is 608 g/mol. The zero-order chi connectivity index (χ0) is 30.1. The third kappa shape index (κ3) is 7.75. The molecule has 1 N–H and O–H groups in total. The molecule has 4 rings (SSSR count). The van der Waals surface area contributed by atoms with Crippen molar-refractivity contribution in [3.63, 3.8) is 0 Å².